The van der Waals surface area contributed by atoms with E-state index >= 15 is 0 Å². The minimum atomic E-state index is 0.686. The fourth-order valence-corrected chi connectivity index (χ4v) is 1.47. The van der Waals surface area contributed by atoms with Crippen molar-refractivity contribution in [3.05, 3.63) is 47.5 Å². The first-order valence-corrected chi connectivity index (χ1v) is 4.67. The first-order valence-electron chi connectivity index (χ1n) is 4.29. The molecule has 3 heteroatoms. The Morgan fingerprint density at radius 2 is 2.00 bits per heavy atom. The fraction of sp³-hybridized carbons (Fsp3) is 0.0909. The van der Waals surface area contributed by atoms with Gasteiger partial charge in [-0.25, -0.2) is 0 Å². The number of rotatable bonds is 1. The molecule has 2 rings (SSSR count). The summed E-state index contributed by atoms with van der Waals surface area (Å²) < 4.78 is 0. The van der Waals surface area contributed by atoms with Crippen LogP contribution in [0.2, 0.25) is 5.02 Å². The minimum absolute atomic E-state index is 0.686. The van der Waals surface area contributed by atoms with E-state index in [9.17, 15) is 0 Å². The van der Waals surface area contributed by atoms with E-state index in [0.29, 0.717) is 5.02 Å². The molecule has 14 heavy (non-hydrogen) atoms. The van der Waals surface area contributed by atoms with Crippen molar-refractivity contribution in [2.45, 2.75) is 6.92 Å². The maximum Gasteiger partial charge on any atom is 0.0624 e. The van der Waals surface area contributed by atoms with Crippen LogP contribution in [0.15, 0.2) is 36.9 Å². The van der Waals surface area contributed by atoms with Crippen LogP contribution in [-0.2, 0) is 0 Å². The zero-order chi connectivity index (χ0) is 9.97. The van der Waals surface area contributed by atoms with Crippen LogP contribution in [0.5, 0.6) is 0 Å². The zero-order valence-corrected chi connectivity index (χ0v) is 8.49. The Labute approximate surface area is 87.6 Å². The predicted molar refractivity (Wildman–Crippen MR) is 57.2 cm³/mol. The van der Waals surface area contributed by atoms with Crippen molar-refractivity contribution in [3.8, 4) is 11.1 Å². The van der Waals surface area contributed by atoms with Crippen LogP contribution in [0.1, 0.15) is 5.56 Å². The van der Waals surface area contributed by atoms with E-state index in [2.05, 4.69) is 9.97 Å². The smallest absolute Gasteiger partial charge is 0.0624 e. The lowest BCUT2D eigenvalue weighted by Crippen LogP contribution is -1.86. The molecule has 0 aliphatic carbocycles. The SMILES string of the molecule is Cc1c(Cl)cncc1-c1cccnc1. The summed E-state index contributed by atoms with van der Waals surface area (Å²) in [6, 6.07) is 3.89. The summed E-state index contributed by atoms with van der Waals surface area (Å²) in [5, 5.41) is 0.686. The van der Waals surface area contributed by atoms with E-state index in [0.717, 1.165) is 16.7 Å². The number of pyridine rings is 2. The van der Waals surface area contributed by atoms with Gasteiger partial charge < -0.3 is 0 Å². The molecule has 0 bridgehead atoms. The zero-order valence-electron chi connectivity index (χ0n) is 7.74. The monoisotopic (exact) mass is 204 g/mol. The van der Waals surface area contributed by atoms with Gasteiger partial charge >= 0.3 is 0 Å². The van der Waals surface area contributed by atoms with E-state index in [4.69, 9.17) is 11.6 Å². The molecular weight excluding hydrogens is 196 g/mol. The first-order chi connectivity index (χ1) is 6.79. The van der Waals surface area contributed by atoms with Gasteiger partial charge in [0.15, 0.2) is 0 Å². The average molecular weight is 205 g/mol. The van der Waals surface area contributed by atoms with Crippen molar-refractivity contribution >= 4 is 11.6 Å². The summed E-state index contributed by atoms with van der Waals surface area (Å²) in [6.45, 7) is 1.98. The molecule has 0 aliphatic heterocycles. The highest BCUT2D eigenvalue weighted by Gasteiger charge is 2.04. The molecule has 0 radical (unpaired) electrons. The minimum Gasteiger partial charge on any atom is -0.264 e. The quantitative estimate of drug-likeness (QED) is 0.714. The molecule has 0 unspecified atom stereocenters. The van der Waals surface area contributed by atoms with Crippen molar-refractivity contribution in [3.63, 3.8) is 0 Å². The molecular formula is C11H9ClN2. The maximum atomic E-state index is 5.98. The van der Waals surface area contributed by atoms with Gasteiger partial charge in [-0.05, 0) is 18.6 Å². The van der Waals surface area contributed by atoms with Gasteiger partial charge in [0.1, 0.15) is 0 Å². The Kier molecular flexibility index (Phi) is 2.46. The molecule has 0 aliphatic rings. The summed E-state index contributed by atoms with van der Waals surface area (Å²) in [5.74, 6) is 0. The number of aromatic nitrogens is 2. The fourth-order valence-electron chi connectivity index (χ4n) is 1.31. The highest BCUT2D eigenvalue weighted by atomic mass is 35.5. The molecule has 2 heterocycles. The van der Waals surface area contributed by atoms with E-state index < -0.39 is 0 Å². The Hall–Kier alpha value is -1.41. The molecule has 2 aromatic heterocycles. The van der Waals surface area contributed by atoms with Crippen LogP contribution in [0, 0.1) is 6.92 Å². The van der Waals surface area contributed by atoms with Gasteiger partial charge in [-0.3, -0.25) is 9.97 Å². The Morgan fingerprint density at radius 3 is 2.71 bits per heavy atom. The van der Waals surface area contributed by atoms with E-state index in [1.165, 1.54) is 0 Å². The second-order valence-corrected chi connectivity index (χ2v) is 3.44. The van der Waals surface area contributed by atoms with Crippen molar-refractivity contribution < 1.29 is 0 Å². The molecule has 0 aromatic carbocycles. The summed E-state index contributed by atoms with van der Waals surface area (Å²) >= 11 is 5.98. The van der Waals surface area contributed by atoms with E-state index in [1.54, 1.807) is 24.8 Å². The Balaban J connectivity index is 2.58. The van der Waals surface area contributed by atoms with Crippen molar-refractivity contribution in [1.82, 2.24) is 9.97 Å². The molecule has 2 nitrogen and oxygen atoms in total. The number of halogens is 1. The van der Waals surface area contributed by atoms with Crippen LogP contribution in [0.25, 0.3) is 11.1 Å². The number of hydrogen-bond acceptors (Lipinski definition) is 2. The van der Waals surface area contributed by atoms with Crippen LogP contribution in [-0.4, -0.2) is 9.97 Å². The molecule has 0 atom stereocenters. The maximum absolute atomic E-state index is 5.98. The Morgan fingerprint density at radius 1 is 1.14 bits per heavy atom. The third-order valence-electron chi connectivity index (χ3n) is 2.13. The van der Waals surface area contributed by atoms with Gasteiger partial charge in [0.05, 0.1) is 5.02 Å². The van der Waals surface area contributed by atoms with Crippen LogP contribution < -0.4 is 0 Å². The largest absolute Gasteiger partial charge is 0.264 e. The van der Waals surface area contributed by atoms with Crippen LogP contribution >= 0.6 is 11.6 Å². The van der Waals surface area contributed by atoms with Gasteiger partial charge in [-0.15, -0.1) is 0 Å². The third-order valence-corrected chi connectivity index (χ3v) is 2.51. The number of hydrogen-bond donors (Lipinski definition) is 0. The molecule has 0 saturated carbocycles. The second-order valence-electron chi connectivity index (χ2n) is 3.04. The standard InChI is InChI=1S/C11H9ClN2/c1-8-10(6-14-7-11(8)12)9-3-2-4-13-5-9/h2-7H,1H3. The van der Waals surface area contributed by atoms with Gasteiger partial charge in [0, 0.05) is 35.9 Å². The van der Waals surface area contributed by atoms with Gasteiger partial charge in [0.2, 0.25) is 0 Å². The molecule has 0 fully saturated rings. The predicted octanol–water partition coefficient (Wildman–Crippen LogP) is 3.11. The molecule has 70 valence electrons. The molecule has 2 aromatic rings. The lowest BCUT2D eigenvalue weighted by molar-refractivity contribution is 1.27. The Bertz CT molecular complexity index is 440. The van der Waals surface area contributed by atoms with Crippen molar-refractivity contribution in [1.29, 1.82) is 0 Å². The summed E-state index contributed by atoms with van der Waals surface area (Å²) in [5.41, 5.74) is 3.11. The second kappa shape index (κ2) is 3.76. The molecule has 0 spiro atoms. The highest BCUT2D eigenvalue weighted by Crippen LogP contribution is 2.26. The van der Waals surface area contributed by atoms with Gasteiger partial charge in [-0.2, -0.15) is 0 Å². The lowest BCUT2D eigenvalue weighted by atomic mass is 10.1. The summed E-state index contributed by atoms with van der Waals surface area (Å²) in [6.07, 6.45) is 7.01. The topological polar surface area (TPSA) is 25.8 Å². The lowest BCUT2D eigenvalue weighted by Gasteiger charge is -2.05. The molecule has 0 amide bonds. The van der Waals surface area contributed by atoms with E-state index in [1.807, 2.05) is 19.1 Å². The van der Waals surface area contributed by atoms with Crippen molar-refractivity contribution in [2.75, 3.05) is 0 Å². The average Bonchev–Trinajstić information content (AvgIpc) is 2.23. The van der Waals surface area contributed by atoms with Crippen molar-refractivity contribution in [2.24, 2.45) is 0 Å². The third kappa shape index (κ3) is 1.61. The van der Waals surface area contributed by atoms with Gasteiger partial charge in [-0.1, -0.05) is 17.7 Å². The summed E-state index contributed by atoms with van der Waals surface area (Å²) in [7, 11) is 0. The first kappa shape index (κ1) is 9.16. The molecule has 0 saturated heterocycles. The molecule has 0 N–H and O–H groups in total. The highest BCUT2D eigenvalue weighted by molar-refractivity contribution is 6.31. The van der Waals surface area contributed by atoms with Crippen LogP contribution in [0.3, 0.4) is 0 Å². The van der Waals surface area contributed by atoms with Gasteiger partial charge in [0.25, 0.3) is 0 Å². The normalized spacial score (nSPS) is 10.1. The van der Waals surface area contributed by atoms with Crippen LogP contribution in [0.4, 0.5) is 0 Å². The van der Waals surface area contributed by atoms with E-state index in [-0.39, 0.29) is 0 Å². The number of nitrogens with zero attached hydrogens (tertiary/aromatic N) is 2. The summed E-state index contributed by atoms with van der Waals surface area (Å²) in [4.78, 5) is 8.12.